The maximum Gasteiger partial charge on any atom is 0.220 e. The Labute approximate surface area is 144 Å². The van der Waals surface area contributed by atoms with Gasteiger partial charge in [0.25, 0.3) is 0 Å². The SMILES string of the molecule is Cc1cn2c(CCC(=O)NC[C@@H](C)c3c(C)noc3C)csc2n1. The van der Waals surface area contributed by atoms with E-state index in [1.165, 1.54) is 0 Å². The number of carbonyl (C=O) groups excluding carboxylic acids is 1. The Morgan fingerprint density at radius 3 is 2.92 bits per heavy atom. The molecule has 0 aliphatic carbocycles. The van der Waals surface area contributed by atoms with E-state index < -0.39 is 0 Å². The summed E-state index contributed by atoms with van der Waals surface area (Å²) in [6, 6.07) is 0. The maximum atomic E-state index is 12.2. The number of rotatable bonds is 6. The second-order valence-corrected chi connectivity index (χ2v) is 7.04. The molecule has 0 aromatic carbocycles. The predicted octanol–water partition coefficient (Wildman–Crippen LogP) is 3.16. The number of fused-ring (bicyclic) bond motifs is 1. The van der Waals surface area contributed by atoms with Gasteiger partial charge >= 0.3 is 0 Å². The summed E-state index contributed by atoms with van der Waals surface area (Å²) in [7, 11) is 0. The van der Waals surface area contributed by atoms with E-state index in [1.54, 1.807) is 11.3 Å². The number of imidazole rings is 1. The van der Waals surface area contributed by atoms with Gasteiger partial charge < -0.3 is 9.84 Å². The molecule has 0 saturated carbocycles. The molecule has 0 radical (unpaired) electrons. The molecular weight excluding hydrogens is 324 g/mol. The fourth-order valence-corrected chi connectivity index (χ4v) is 3.97. The van der Waals surface area contributed by atoms with Crippen molar-refractivity contribution < 1.29 is 9.32 Å². The summed E-state index contributed by atoms with van der Waals surface area (Å²) in [6.45, 7) is 8.47. The van der Waals surface area contributed by atoms with Crippen molar-refractivity contribution in [1.29, 1.82) is 0 Å². The van der Waals surface area contributed by atoms with Crippen LogP contribution in [0.5, 0.6) is 0 Å². The molecule has 0 bridgehead atoms. The lowest BCUT2D eigenvalue weighted by Crippen LogP contribution is -2.28. The summed E-state index contributed by atoms with van der Waals surface area (Å²) in [5.74, 6) is 1.07. The van der Waals surface area contributed by atoms with Crippen molar-refractivity contribution in [3.8, 4) is 0 Å². The van der Waals surface area contributed by atoms with Crippen molar-refractivity contribution in [2.45, 2.75) is 46.5 Å². The third-order valence-corrected chi connectivity index (χ3v) is 5.09. The maximum absolute atomic E-state index is 12.2. The standard InChI is InChI=1S/C17H22N4O2S/c1-10(16-12(3)20-23-13(16)4)7-18-15(22)6-5-14-9-24-17-19-11(2)8-21(14)17/h8-10H,5-7H2,1-4H3,(H,18,22)/t10-/m1/s1. The average molecular weight is 346 g/mol. The van der Waals surface area contributed by atoms with Gasteiger partial charge in [-0.3, -0.25) is 9.20 Å². The van der Waals surface area contributed by atoms with Gasteiger partial charge in [0.1, 0.15) is 5.76 Å². The summed E-state index contributed by atoms with van der Waals surface area (Å²) in [5.41, 5.74) is 4.11. The topological polar surface area (TPSA) is 72.4 Å². The fraction of sp³-hybridized carbons (Fsp3) is 0.471. The predicted molar refractivity (Wildman–Crippen MR) is 93.5 cm³/mol. The molecule has 3 aromatic heterocycles. The minimum atomic E-state index is 0.0600. The zero-order valence-corrected chi connectivity index (χ0v) is 15.2. The molecule has 3 rings (SSSR count). The minimum absolute atomic E-state index is 0.0600. The molecule has 0 aliphatic heterocycles. The third-order valence-electron chi connectivity index (χ3n) is 4.20. The quantitative estimate of drug-likeness (QED) is 0.744. The Hall–Kier alpha value is -2.15. The number of carbonyl (C=O) groups is 1. The molecule has 128 valence electrons. The van der Waals surface area contributed by atoms with Crippen LogP contribution >= 0.6 is 11.3 Å². The van der Waals surface area contributed by atoms with Gasteiger partial charge in [-0.15, -0.1) is 11.3 Å². The van der Waals surface area contributed by atoms with E-state index in [1.807, 2.05) is 27.0 Å². The molecule has 0 unspecified atom stereocenters. The van der Waals surface area contributed by atoms with E-state index in [0.717, 1.165) is 33.4 Å². The number of nitrogens with zero attached hydrogens (tertiary/aromatic N) is 3. The zero-order valence-electron chi connectivity index (χ0n) is 14.4. The van der Waals surface area contributed by atoms with Crippen molar-refractivity contribution in [3.05, 3.63) is 40.0 Å². The van der Waals surface area contributed by atoms with Gasteiger partial charge in [-0.1, -0.05) is 12.1 Å². The largest absolute Gasteiger partial charge is 0.361 e. The van der Waals surface area contributed by atoms with Gasteiger partial charge in [0, 0.05) is 41.7 Å². The van der Waals surface area contributed by atoms with Crippen LogP contribution in [0.3, 0.4) is 0 Å². The summed E-state index contributed by atoms with van der Waals surface area (Å²) in [6.07, 6.45) is 3.19. The highest BCUT2D eigenvalue weighted by Crippen LogP contribution is 2.22. The van der Waals surface area contributed by atoms with Crippen LogP contribution in [-0.4, -0.2) is 27.0 Å². The average Bonchev–Trinajstić information content (AvgIpc) is 3.17. The molecule has 0 fully saturated rings. The van der Waals surface area contributed by atoms with Crippen LogP contribution in [0.4, 0.5) is 0 Å². The lowest BCUT2D eigenvalue weighted by atomic mass is 9.99. The molecule has 24 heavy (non-hydrogen) atoms. The Balaban J connectivity index is 1.52. The van der Waals surface area contributed by atoms with Gasteiger partial charge in [-0.25, -0.2) is 4.98 Å². The Morgan fingerprint density at radius 1 is 1.42 bits per heavy atom. The summed E-state index contributed by atoms with van der Waals surface area (Å²) >= 11 is 1.61. The Morgan fingerprint density at radius 2 is 2.21 bits per heavy atom. The number of aryl methyl sites for hydroxylation is 4. The van der Waals surface area contributed by atoms with Crippen molar-refractivity contribution >= 4 is 22.2 Å². The summed E-state index contributed by atoms with van der Waals surface area (Å²) in [5, 5.41) is 9.05. The first-order chi connectivity index (χ1) is 11.5. The fourth-order valence-electron chi connectivity index (χ4n) is 3.01. The van der Waals surface area contributed by atoms with E-state index in [2.05, 4.69) is 32.2 Å². The first-order valence-corrected chi connectivity index (χ1v) is 8.95. The van der Waals surface area contributed by atoms with Crippen LogP contribution in [0.1, 0.15) is 47.7 Å². The lowest BCUT2D eigenvalue weighted by Gasteiger charge is -2.12. The van der Waals surface area contributed by atoms with Crippen LogP contribution < -0.4 is 5.32 Å². The van der Waals surface area contributed by atoms with Crippen molar-refractivity contribution in [2.75, 3.05) is 6.54 Å². The highest BCUT2D eigenvalue weighted by atomic mass is 32.1. The number of hydrogen-bond donors (Lipinski definition) is 1. The molecule has 0 aliphatic rings. The van der Waals surface area contributed by atoms with Crippen molar-refractivity contribution in [1.82, 2.24) is 19.9 Å². The van der Waals surface area contributed by atoms with Crippen LogP contribution in [0.15, 0.2) is 16.1 Å². The summed E-state index contributed by atoms with van der Waals surface area (Å²) in [4.78, 5) is 17.6. The second-order valence-electron chi connectivity index (χ2n) is 6.20. The highest BCUT2D eigenvalue weighted by Gasteiger charge is 2.17. The smallest absolute Gasteiger partial charge is 0.220 e. The van der Waals surface area contributed by atoms with E-state index in [-0.39, 0.29) is 11.8 Å². The minimum Gasteiger partial charge on any atom is -0.361 e. The molecule has 7 heteroatoms. The number of thiazole rings is 1. The van der Waals surface area contributed by atoms with Crippen LogP contribution in [0, 0.1) is 20.8 Å². The molecule has 1 N–H and O–H groups in total. The monoisotopic (exact) mass is 346 g/mol. The van der Waals surface area contributed by atoms with E-state index in [4.69, 9.17) is 4.52 Å². The highest BCUT2D eigenvalue weighted by molar-refractivity contribution is 7.15. The zero-order chi connectivity index (χ0) is 17.3. The van der Waals surface area contributed by atoms with Crippen molar-refractivity contribution in [2.24, 2.45) is 0 Å². The Kier molecular flexibility index (Phi) is 4.71. The molecule has 6 nitrogen and oxygen atoms in total. The lowest BCUT2D eigenvalue weighted by molar-refractivity contribution is -0.121. The van der Waals surface area contributed by atoms with Crippen LogP contribution in [0.25, 0.3) is 4.96 Å². The normalized spacial score (nSPS) is 12.7. The first kappa shape index (κ1) is 16.7. The molecule has 1 amide bonds. The van der Waals surface area contributed by atoms with Gasteiger partial charge in [0.2, 0.25) is 5.91 Å². The van der Waals surface area contributed by atoms with E-state index in [0.29, 0.717) is 19.4 Å². The molecule has 3 heterocycles. The molecule has 0 spiro atoms. The number of hydrogen-bond acceptors (Lipinski definition) is 5. The number of nitrogens with one attached hydrogen (secondary N) is 1. The van der Waals surface area contributed by atoms with Gasteiger partial charge in [-0.05, 0) is 27.2 Å². The first-order valence-electron chi connectivity index (χ1n) is 8.07. The van der Waals surface area contributed by atoms with Gasteiger partial charge in [0.05, 0.1) is 11.4 Å². The third kappa shape index (κ3) is 3.36. The number of amides is 1. The summed E-state index contributed by atoms with van der Waals surface area (Å²) < 4.78 is 7.26. The van der Waals surface area contributed by atoms with E-state index >= 15 is 0 Å². The molecule has 0 saturated heterocycles. The van der Waals surface area contributed by atoms with Gasteiger partial charge in [-0.2, -0.15) is 0 Å². The molecular formula is C17H22N4O2S. The second kappa shape index (κ2) is 6.76. The molecule has 1 atom stereocenters. The number of aromatic nitrogens is 3. The Bertz CT molecular complexity index is 842. The van der Waals surface area contributed by atoms with Crippen molar-refractivity contribution in [3.63, 3.8) is 0 Å². The van der Waals surface area contributed by atoms with Crippen LogP contribution in [0.2, 0.25) is 0 Å². The van der Waals surface area contributed by atoms with E-state index in [9.17, 15) is 4.79 Å². The van der Waals surface area contributed by atoms with Crippen LogP contribution in [-0.2, 0) is 11.2 Å². The van der Waals surface area contributed by atoms with Gasteiger partial charge in [0.15, 0.2) is 4.96 Å². The molecule has 3 aromatic rings.